The van der Waals surface area contributed by atoms with Gasteiger partial charge >= 0.3 is 5.97 Å². The molecule has 0 aromatic carbocycles. The molecule has 0 fully saturated rings. The molecule has 0 radical (unpaired) electrons. The van der Waals surface area contributed by atoms with E-state index < -0.39 is 11.5 Å². The maximum absolute atomic E-state index is 11.5. The molecule has 7 nitrogen and oxygen atoms in total. The molecule has 0 bridgehead atoms. The maximum Gasteiger partial charge on any atom is 0.343 e. The summed E-state index contributed by atoms with van der Waals surface area (Å²) in [4.78, 5) is 25.4. The van der Waals surface area contributed by atoms with Crippen molar-refractivity contribution in [2.45, 2.75) is 6.92 Å². The minimum atomic E-state index is -0.675. The van der Waals surface area contributed by atoms with Crippen LogP contribution in [0.2, 0.25) is 0 Å². The van der Waals surface area contributed by atoms with E-state index >= 15 is 0 Å². The SMILES string of the molecule is CCOC(=O)c1cc2c(N)[nH]nc2[nH]c1=O. The van der Waals surface area contributed by atoms with Crippen molar-refractivity contribution in [3.8, 4) is 0 Å². The molecule has 0 aliphatic rings. The number of nitrogen functional groups attached to an aromatic ring is 1. The van der Waals surface area contributed by atoms with Crippen molar-refractivity contribution < 1.29 is 9.53 Å². The standard InChI is InChI=1S/C9H10N4O3/c1-2-16-9(15)5-3-4-6(10)12-13-7(4)11-8(5)14/h3H,2H2,1H3,(H4,10,11,12,13,14). The summed E-state index contributed by atoms with van der Waals surface area (Å²) in [6, 6.07) is 1.37. The summed E-state index contributed by atoms with van der Waals surface area (Å²) in [6.07, 6.45) is 0. The van der Waals surface area contributed by atoms with Crippen molar-refractivity contribution in [2.75, 3.05) is 12.3 Å². The van der Waals surface area contributed by atoms with Gasteiger partial charge in [-0.25, -0.2) is 4.79 Å². The van der Waals surface area contributed by atoms with E-state index in [0.29, 0.717) is 11.0 Å². The van der Waals surface area contributed by atoms with Crippen LogP contribution in [0.15, 0.2) is 10.9 Å². The molecular formula is C9H10N4O3. The van der Waals surface area contributed by atoms with E-state index in [-0.39, 0.29) is 18.0 Å². The van der Waals surface area contributed by atoms with Gasteiger partial charge in [0.1, 0.15) is 11.4 Å². The molecule has 2 rings (SSSR count). The normalized spacial score (nSPS) is 10.6. The highest BCUT2D eigenvalue weighted by Gasteiger charge is 2.14. The summed E-state index contributed by atoms with van der Waals surface area (Å²) >= 11 is 0. The Kier molecular flexibility index (Phi) is 2.35. The highest BCUT2D eigenvalue weighted by molar-refractivity contribution is 5.95. The van der Waals surface area contributed by atoms with Gasteiger partial charge in [-0.2, -0.15) is 5.10 Å². The fraction of sp³-hybridized carbons (Fsp3) is 0.222. The minimum Gasteiger partial charge on any atom is -0.462 e. The number of hydrogen-bond donors (Lipinski definition) is 3. The third-order valence-corrected chi connectivity index (χ3v) is 2.09. The van der Waals surface area contributed by atoms with Gasteiger partial charge in [0, 0.05) is 0 Å². The molecule has 0 atom stereocenters. The summed E-state index contributed by atoms with van der Waals surface area (Å²) in [5.74, 6) is -0.386. The number of aromatic amines is 2. The number of H-pyrrole nitrogens is 2. The van der Waals surface area contributed by atoms with Crippen molar-refractivity contribution in [1.82, 2.24) is 15.2 Å². The molecule has 0 unspecified atom stereocenters. The fourth-order valence-electron chi connectivity index (χ4n) is 1.35. The second kappa shape index (κ2) is 3.69. The van der Waals surface area contributed by atoms with E-state index in [2.05, 4.69) is 15.2 Å². The molecule has 0 saturated heterocycles. The first-order valence-electron chi connectivity index (χ1n) is 4.67. The lowest BCUT2D eigenvalue weighted by Crippen LogP contribution is -2.19. The number of fused-ring (bicyclic) bond motifs is 1. The van der Waals surface area contributed by atoms with Crippen LogP contribution in [-0.4, -0.2) is 27.8 Å². The Labute approximate surface area is 89.6 Å². The third-order valence-electron chi connectivity index (χ3n) is 2.09. The van der Waals surface area contributed by atoms with E-state index in [1.165, 1.54) is 6.07 Å². The van der Waals surface area contributed by atoms with Crippen molar-refractivity contribution in [3.05, 3.63) is 22.0 Å². The molecule has 2 aromatic heterocycles. The average Bonchev–Trinajstić information content (AvgIpc) is 2.59. The number of carbonyl (C=O) groups is 1. The highest BCUT2D eigenvalue weighted by Crippen LogP contribution is 2.14. The number of aromatic nitrogens is 3. The Morgan fingerprint density at radius 1 is 1.62 bits per heavy atom. The van der Waals surface area contributed by atoms with Crippen molar-refractivity contribution in [2.24, 2.45) is 0 Å². The lowest BCUT2D eigenvalue weighted by molar-refractivity contribution is 0.0524. The monoisotopic (exact) mass is 222 g/mol. The largest absolute Gasteiger partial charge is 0.462 e. The van der Waals surface area contributed by atoms with Crippen LogP contribution in [0.25, 0.3) is 11.0 Å². The molecule has 0 saturated carbocycles. The van der Waals surface area contributed by atoms with Crippen LogP contribution in [0.5, 0.6) is 0 Å². The predicted molar refractivity (Wildman–Crippen MR) is 57.1 cm³/mol. The molecular weight excluding hydrogens is 212 g/mol. The number of nitrogens with two attached hydrogens (primary N) is 1. The zero-order chi connectivity index (χ0) is 11.7. The van der Waals surface area contributed by atoms with Crippen molar-refractivity contribution in [3.63, 3.8) is 0 Å². The number of rotatable bonds is 2. The summed E-state index contributed by atoms with van der Waals surface area (Å²) in [6.45, 7) is 1.87. The van der Waals surface area contributed by atoms with Gasteiger partial charge in [-0.1, -0.05) is 0 Å². The van der Waals surface area contributed by atoms with Gasteiger partial charge in [-0.05, 0) is 13.0 Å². The van der Waals surface area contributed by atoms with E-state index in [4.69, 9.17) is 10.5 Å². The van der Waals surface area contributed by atoms with Crippen LogP contribution >= 0.6 is 0 Å². The summed E-state index contributed by atoms with van der Waals surface area (Å²) in [7, 11) is 0. The summed E-state index contributed by atoms with van der Waals surface area (Å²) < 4.78 is 4.74. The van der Waals surface area contributed by atoms with E-state index in [1.54, 1.807) is 6.92 Å². The molecule has 0 aliphatic carbocycles. The van der Waals surface area contributed by atoms with E-state index in [1.807, 2.05) is 0 Å². The van der Waals surface area contributed by atoms with Gasteiger partial charge < -0.3 is 15.5 Å². The number of carbonyl (C=O) groups excluding carboxylic acids is 1. The maximum atomic E-state index is 11.5. The third kappa shape index (κ3) is 1.52. The Morgan fingerprint density at radius 3 is 3.06 bits per heavy atom. The van der Waals surface area contributed by atoms with Crippen LogP contribution in [0.4, 0.5) is 5.82 Å². The zero-order valence-electron chi connectivity index (χ0n) is 8.53. The second-order valence-corrected chi connectivity index (χ2v) is 3.13. The molecule has 0 spiro atoms. The van der Waals surface area contributed by atoms with E-state index in [0.717, 1.165) is 0 Å². The van der Waals surface area contributed by atoms with Gasteiger partial charge in [0.05, 0.1) is 12.0 Å². The summed E-state index contributed by atoms with van der Waals surface area (Å²) in [5, 5.41) is 6.76. The lowest BCUT2D eigenvalue weighted by Gasteiger charge is -2.00. The van der Waals surface area contributed by atoms with Crippen molar-refractivity contribution >= 4 is 22.8 Å². The van der Waals surface area contributed by atoms with Gasteiger partial charge in [0.2, 0.25) is 0 Å². The first kappa shape index (κ1) is 10.2. The van der Waals surface area contributed by atoms with Gasteiger partial charge in [-0.15, -0.1) is 0 Å². The van der Waals surface area contributed by atoms with Crippen LogP contribution in [0, 0.1) is 0 Å². The molecule has 2 heterocycles. The smallest absolute Gasteiger partial charge is 0.343 e. The molecule has 2 aromatic rings. The molecule has 7 heteroatoms. The minimum absolute atomic E-state index is 0.0811. The number of esters is 1. The molecule has 0 aliphatic heterocycles. The Balaban J connectivity index is 2.61. The number of nitrogens with zero attached hydrogens (tertiary/aromatic N) is 1. The second-order valence-electron chi connectivity index (χ2n) is 3.13. The van der Waals surface area contributed by atoms with Crippen LogP contribution in [-0.2, 0) is 4.74 Å². The van der Waals surface area contributed by atoms with E-state index in [9.17, 15) is 9.59 Å². The predicted octanol–water partition coefficient (Wildman–Crippen LogP) is 0.0101. The number of anilines is 1. The number of pyridine rings is 1. The number of nitrogens with one attached hydrogen (secondary N) is 2. The highest BCUT2D eigenvalue weighted by atomic mass is 16.5. The first-order chi connectivity index (χ1) is 7.63. The van der Waals surface area contributed by atoms with Crippen LogP contribution in [0.3, 0.4) is 0 Å². The number of hydrogen-bond acceptors (Lipinski definition) is 5. The quantitative estimate of drug-likeness (QED) is 0.619. The first-order valence-corrected chi connectivity index (χ1v) is 4.67. The number of ether oxygens (including phenoxy) is 1. The van der Waals surface area contributed by atoms with Gasteiger partial charge in [0.25, 0.3) is 5.56 Å². The molecule has 0 amide bonds. The Hall–Kier alpha value is -2.31. The van der Waals surface area contributed by atoms with Crippen molar-refractivity contribution in [1.29, 1.82) is 0 Å². The lowest BCUT2D eigenvalue weighted by atomic mass is 10.2. The van der Waals surface area contributed by atoms with Gasteiger partial charge in [-0.3, -0.25) is 9.89 Å². The Morgan fingerprint density at radius 2 is 2.38 bits per heavy atom. The fourth-order valence-corrected chi connectivity index (χ4v) is 1.35. The molecule has 4 N–H and O–H groups in total. The molecule has 16 heavy (non-hydrogen) atoms. The summed E-state index contributed by atoms with van der Waals surface area (Å²) in [5.41, 5.74) is 5.27. The molecule has 84 valence electrons. The topological polar surface area (TPSA) is 114 Å². The average molecular weight is 222 g/mol. The zero-order valence-corrected chi connectivity index (χ0v) is 8.53. The Bertz CT molecular complexity index is 598. The van der Waals surface area contributed by atoms with Crippen LogP contribution < -0.4 is 11.3 Å². The van der Waals surface area contributed by atoms with Gasteiger partial charge in [0.15, 0.2) is 5.65 Å². The van der Waals surface area contributed by atoms with Crippen LogP contribution in [0.1, 0.15) is 17.3 Å².